The predicted octanol–water partition coefficient (Wildman–Crippen LogP) is 2.79. The molecule has 2 rings (SSSR count). The lowest BCUT2D eigenvalue weighted by Crippen LogP contribution is -2.21. The van der Waals surface area contributed by atoms with Crippen LogP contribution in [0.5, 0.6) is 0 Å². The Kier molecular flexibility index (Phi) is 4.38. The van der Waals surface area contributed by atoms with Crippen molar-refractivity contribution in [1.82, 2.24) is 5.32 Å². The van der Waals surface area contributed by atoms with E-state index < -0.39 is 0 Å². The van der Waals surface area contributed by atoms with Crippen molar-refractivity contribution in [3.8, 4) is 0 Å². The normalized spacial score (nSPS) is 23.4. The maximum Gasteiger partial charge on any atom is 0.0587 e. The molecule has 2 unspecified atom stereocenters. The van der Waals surface area contributed by atoms with Crippen LogP contribution in [0.15, 0.2) is 28.7 Å². The molecule has 0 radical (unpaired) electrons. The lowest BCUT2D eigenvalue weighted by Gasteiger charge is -2.05. The zero-order chi connectivity index (χ0) is 11.4. The van der Waals surface area contributed by atoms with Crippen LogP contribution in [0.4, 0.5) is 0 Å². The number of rotatable bonds is 6. The van der Waals surface area contributed by atoms with Crippen molar-refractivity contribution in [3.63, 3.8) is 0 Å². The van der Waals surface area contributed by atoms with E-state index in [2.05, 4.69) is 45.5 Å². The number of halogens is 1. The van der Waals surface area contributed by atoms with Gasteiger partial charge in [-0.2, -0.15) is 0 Å². The number of benzene rings is 1. The number of hydrogen-bond acceptors (Lipinski definition) is 2. The second-order valence-corrected chi connectivity index (χ2v) is 5.18. The van der Waals surface area contributed by atoms with Crippen LogP contribution in [0, 0.1) is 5.92 Å². The van der Waals surface area contributed by atoms with Crippen molar-refractivity contribution < 1.29 is 4.74 Å². The Hall–Kier alpha value is -0.380. The van der Waals surface area contributed by atoms with Crippen LogP contribution in [0.25, 0.3) is 0 Å². The van der Waals surface area contributed by atoms with Gasteiger partial charge < -0.3 is 10.1 Å². The van der Waals surface area contributed by atoms with Gasteiger partial charge in [-0.25, -0.2) is 0 Å². The molecule has 0 aromatic heterocycles. The molecule has 2 nitrogen and oxygen atoms in total. The molecule has 1 N–H and O–H groups in total. The third-order valence-electron chi connectivity index (χ3n) is 3.12. The molecular formula is C13H18BrNO. The van der Waals surface area contributed by atoms with E-state index in [1.807, 2.05) is 0 Å². The van der Waals surface area contributed by atoms with Crippen molar-refractivity contribution in [2.24, 2.45) is 5.92 Å². The summed E-state index contributed by atoms with van der Waals surface area (Å²) in [6.07, 6.45) is 1.31. The second kappa shape index (κ2) is 5.80. The van der Waals surface area contributed by atoms with Gasteiger partial charge in [0.2, 0.25) is 0 Å². The first-order chi connectivity index (χ1) is 7.83. The highest BCUT2D eigenvalue weighted by Gasteiger charge is 2.38. The molecule has 1 saturated carbocycles. The summed E-state index contributed by atoms with van der Waals surface area (Å²) in [5.41, 5.74) is 1.46. The van der Waals surface area contributed by atoms with Crippen molar-refractivity contribution in [1.29, 1.82) is 0 Å². The lowest BCUT2D eigenvalue weighted by atomic mass is 10.1. The monoisotopic (exact) mass is 283 g/mol. The van der Waals surface area contributed by atoms with E-state index in [1.165, 1.54) is 16.5 Å². The summed E-state index contributed by atoms with van der Waals surface area (Å²) in [5.74, 6) is 1.54. The van der Waals surface area contributed by atoms with E-state index in [-0.39, 0.29) is 0 Å². The zero-order valence-electron chi connectivity index (χ0n) is 9.58. The summed E-state index contributed by atoms with van der Waals surface area (Å²) in [6.45, 7) is 2.86. The van der Waals surface area contributed by atoms with Gasteiger partial charge in [-0.1, -0.05) is 34.1 Å². The van der Waals surface area contributed by atoms with Gasteiger partial charge in [0.25, 0.3) is 0 Å². The molecule has 0 heterocycles. The first-order valence-corrected chi connectivity index (χ1v) is 6.56. The lowest BCUT2D eigenvalue weighted by molar-refractivity contribution is 0.199. The number of methoxy groups -OCH3 is 1. The van der Waals surface area contributed by atoms with Gasteiger partial charge in [-0.05, 0) is 36.4 Å². The molecule has 1 fully saturated rings. The summed E-state index contributed by atoms with van der Waals surface area (Å²) in [4.78, 5) is 0. The maximum absolute atomic E-state index is 5.00. The molecular weight excluding hydrogens is 266 g/mol. The molecule has 0 amide bonds. The Bertz CT molecular complexity index is 342. The van der Waals surface area contributed by atoms with E-state index in [0.29, 0.717) is 0 Å². The van der Waals surface area contributed by atoms with Crippen molar-refractivity contribution in [3.05, 3.63) is 34.3 Å². The summed E-state index contributed by atoms with van der Waals surface area (Å²) < 4.78 is 6.25. The second-order valence-electron chi connectivity index (χ2n) is 4.32. The van der Waals surface area contributed by atoms with Crippen LogP contribution in [-0.2, 0) is 4.74 Å². The Labute approximate surface area is 106 Å². The molecule has 0 aliphatic heterocycles. The average molecular weight is 284 g/mol. The Morgan fingerprint density at radius 1 is 1.44 bits per heavy atom. The molecule has 1 aliphatic rings. The summed E-state index contributed by atoms with van der Waals surface area (Å²) in [6, 6.07) is 8.54. The van der Waals surface area contributed by atoms with E-state index in [1.54, 1.807) is 7.11 Å². The fourth-order valence-electron chi connectivity index (χ4n) is 2.09. The third kappa shape index (κ3) is 3.06. The molecule has 0 saturated heterocycles. The van der Waals surface area contributed by atoms with Gasteiger partial charge in [-0.3, -0.25) is 0 Å². The first-order valence-electron chi connectivity index (χ1n) is 5.77. The fourth-order valence-corrected chi connectivity index (χ4v) is 2.67. The molecule has 2 atom stereocenters. The molecule has 0 bridgehead atoms. The van der Waals surface area contributed by atoms with Crippen LogP contribution >= 0.6 is 15.9 Å². The molecule has 1 aromatic carbocycles. The van der Waals surface area contributed by atoms with Crippen LogP contribution in [0.2, 0.25) is 0 Å². The van der Waals surface area contributed by atoms with E-state index in [4.69, 9.17) is 4.74 Å². The highest BCUT2D eigenvalue weighted by atomic mass is 79.9. The predicted molar refractivity (Wildman–Crippen MR) is 69.7 cm³/mol. The van der Waals surface area contributed by atoms with E-state index in [9.17, 15) is 0 Å². The summed E-state index contributed by atoms with van der Waals surface area (Å²) in [5, 5.41) is 3.43. The number of hydrogen-bond donors (Lipinski definition) is 1. The molecule has 1 aromatic rings. The molecule has 0 spiro atoms. The number of nitrogens with one attached hydrogen (secondary N) is 1. The molecule has 16 heavy (non-hydrogen) atoms. The minimum Gasteiger partial charge on any atom is -0.383 e. The highest BCUT2D eigenvalue weighted by Crippen LogP contribution is 2.48. The van der Waals surface area contributed by atoms with Gasteiger partial charge in [0.15, 0.2) is 0 Å². The largest absolute Gasteiger partial charge is 0.383 e. The standard InChI is InChI=1S/C13H18BrNO/c1-16-7-6-15-9-10-8-12(10)11-4-2-3-5-13(11)14/h2-5,10,12,15H,6-9H2,1H3. The fraction of sp³-hybridized carbons (Fsp3) is 0.538. The molecule has 88 valence electrons. The molecule has 1 aliphatic carbocycles. The highest BCUT2D eigenvalue weighted by molar-refractivity contribution is 9.10. The topological polar surface area (TPSA) is 21.3 Å². The van der Waals surface area contributed by atoms with Crippen molar-refractivity contribution in [2.45, 2.75) is 12.3 Å². The van der Waals surface area contributed by atoms with Gasteiger partial charge in [0.1, 0.15) is 0 Å². The van der Waals surface area contributed by atoms with Crippen LogP contribution in [0.1, 0.15) is 17.9 Å². The first kappa shape index (κ1) is 12.1. The van der Waals surface area contributed by atoms with Crippen molar-refractivity contribution >= 4 is 15.9 Å². The zero-order valence-corrected chi connectivity index (χ0v) is 11.2. The third-order valence-corrected chi connectivity index (χ3v) is 3.84. The van der Waals surface area contributed by atoms with E-state index in [0.717, 1.165) is 31.5 Å². The van der Waals surface area contributed by atoms with Gasteiger partial charge in [-0.15, -0.1) is 0 Å². The molecule has 3 heteroatoms. The van der Waals surface area contributed by atoms with Crippen LogP contribution < -0.4 is 5.32 Å². The van der Waals surface area contributed by atoms with Gasteiger partial charge in [0, 0.05) is 18.1 Å². The van der Waals surface area contributed by atoms with Crippen molar-refractivity contribution in [2.75, 3.05) is 26.8 Å². The Morgan fingerprint density at radius 3 is 3.00 bits per heavy atom. The van der Waals surface area contributed by atoms with Crippen LogP contribution in [-0.4, -0.2) is 26.8 Å². The quantitative estimate of drug-likeness (QED) is 0.811. The average Bonchev–Trinajstić information content (AvgIpc) is 3.05. The Morgan fingerprint density at radius 2 is 2.25 bits per heavy atom. The number of ether oxygens (including phenoxy) is 1. The van der Waals surface area contributed by atoms with Gasteiger partial charge >= 0.3 is 0 Å². The summed E-state index contributed by atoms with van der Waals surface area (Å²) >= 11 is 3.62. The SMILES string of the molecule is COCCNCC1CC1c1ccccc1Br. The Balaban J connectivity index is 1.76. The van der Waals surface area contributed by atoms with Crippen LogP contribution in [0.3, 0.4) is 0 Å². The minimum atomic E-state index is 0.741. The smallest absolute Gasteiger partial charge is 0.0587 e. The summed E-state index contributed by atoms with van der Waals surface area (Å²) in [7, 11) is 1.74. The minimum absolute atomic E-state index is 0.741. The maximum atomic E-state index is 5.00. The van der Waals surface area contributed by atoms with Gasteiger partial charge in [0.05, 0.1) is 6.61 Å². The van der Waals surface area contributed by atoms with E-state index >= 15 is 0 Å².